The fraction of sp³-hybridized carbons (Fsp3) is 0.960. The Balaban J connectivity index is 5.28. The summed E-state index contributed by atoms with van der Waals surface area (Å²) in [5.41, 5.74) is 0. The molecule has 8 heteroatoms. The minimum atomic E-state index is -3.46. The molecule has 0 aromatic heterocycles. The second-order valence-corrected chi connectivity index (χ2v) is 17.9. The number of ether oxygens (including phenoxy) is 1. The summed E-state index contributed by atoms with van der Waals surface area (Å²) in [4.78, 5) is 35.0. The molecule has 0 heterocycles. The summed E-state index contributed by atoms with van der Waals surface area (Å²) in [6, 6.07) is -0.00158. The van der Waals surface area contributed by atoms with Crippen molar-refractivity contribution < 1.29 is 27.9 Å². The number of nitrogens with zero attached hydrogens (tertiary/aromatic N) is 2. The lowest BCUT2D eigenvalue weighted by Gasteiger charge is -2.31. The molecule has 0 aromatic carbocycles. The number of esters is 1. The highest BCUT2D eigenvalue weighted by molar-refractivity contribution is 5.77. The number of unbranched alkanes of at least 4 members (excludes halogenated alkanes) is 25. The summed E-state index contributed by atoms with van der Waals surface area (Å²) in [6.45, 7) is 10.3. The minimum Gasteiger partial charge on any atom is -0.458 e. The molecule has 0 spiro atoms. The number of carbonyl (C=O) groups is 2. The van der Waals surface area contributed by atoms with Crippen LogP contribution in [0.3, 0.4) is 0 Å². The van der Waals surface area contributed by atoms with Crippen LogP contribution in [0.5, 0.6) is 0 Å². The van der Waals surface area contributed by atoms with Gasteiger partial charge in [-0.05, 0) is 78.4 Å². The average Bonchev–Trinajstić information content (AvgIpc) is 3.19. The third-order valence-corrected chi connectivity index (χ3v) is 11.8. The smallest absolute Gasteiger partial charge is 0.377 e. The Morgan fingerprint density at radius 2 is 0.879 bits per heavy atom. The molecule has 1 unspecified atom stereocenters. The molecule has 0 aliphatic heterocycles. The van der Waals surface area contributed by atoms with E-state index in [0.717, 1.165) is 116 Å². The van der Waals surface area contributed by atoms with E-state index in [9.17, 15) is 9.59 Å². The quantitative estimate of drug-likeness (QED) is 0.0348. The second kappa shape index (κ2) is 41.1. The van der Waals surface area contributed by atoms with Crippen molar-refractivity contribution in [3.05, 3.63) is 0 Å². The summed E-state index contributed by atoms with van der Waals surface area (Å²) >= 11 is 0. The zero-order chi connectivity index (χ0) is 43.0. The predicted octanol–water partition coefficient (Wildman–Crippen LogP) is 15.7. The monoisotopic (exact) mass is 829 g/mol. The van der Waals surface area contributed by atoms with Crippen molar-refractivity contribution in [2.75, 3.05) is 27.2 Å². The van der Waals surface area contributed by atoms with Gasteiger partial charge in [-0.3, -0.25) is 9.63 Å². The largest absolute Gasteiger partial charge is 0.458 e. The zero-order valence-electron chi connectivity index (χ0n) is 39.5. The molecular formula is C50H98F2N2O4. The summed E-state index contributed by atoms with van der Waals surface area (Å²) in [5.74, 6) is -4.72. The van der Waals surface area contributed by atoms with E-state index < -0.39 is 24.4 Å². The lowest BCUT2D eigenvalue weighted by atomic mass is 9.99. The third kappa shape index (κ3) is 34.4. The summed E-state index contributed by atoms with van der Waals surface area (Å²) < 4.78 is 35.8. The topological polar surface area (TPSA) is 59.1 Å². The van der Waals surface area contributed by atoms with E-state index in [-0.39, 0.29) is 18.4 Å². The van der Waals surface area contributed by atoms with Gasteiger partial charge in [-0.1, -0.05) is 195 Å². The Morgan fingerprint density at radius 3 is 1.31 bits per heavy atom. The van der Waals surface area contributed by atoms with E-state index in [1.54, 1.807) is 5.06 Å². The highest BCUT2D eigenvalue weighted by Crippen LogP contribution is 2.28. The first-order chi connectivity index (χ1) is 28.1. The molecule has 0 aliphatic carbocycles. The molecule has 1 amide bonds. The normalized spacial score (nSPS) is 12.5. The number of amides is 1. The Bertz CT molecular complexity index is 891. The minimum absolute atomic E-state index is 0.00158. The van der Waals surface area contributed by atoms with Gasteiger partial charge in [0, 0.05) is 12.8 Å². The van der Waals surface area contributed by atoms with Crippen molar-refractivity contribution in [2.45, 2.75) is 283 Å². The van der Waals surface area contributed by atoms with Gasteiger partial charge in [0.25, 0.3) is 0 Å². The second-order valence-electron chi connectivity index (χ2n) is 17.9. The van der Waals surface area contributed by atoms with Crippen LogP contribution in [0.25, 0.3) is 0 Å². The van der Waals surface area contributed by atoms with Gasteiger partial charge >= 0.3 is 11.9 Å². The maximum absolute atomic E-state index is 15.2. The number of alkyl halides is 2. The summed E-state index contributed by atoms with van der Waals surface area (Å²) in [6.07, 6.45) is 36.5. The first-order valence-electron chi connectivity index (χ1n) is 25.3. The molecule has 0 saturated heterocycles. The number of hydrogen-bond donors (Lipinski definition) is 0. The molecule has 0 aromatic rings. The van der Waals surface area contributed by atoms with Crippen LogP contribution >= 0.6 is 0 Å². The molecule has 0 aliphatic rings. The van der Waals surface area contributed by atoms with Crippen LogP contribution in [0.1, 0.15) is 265 Å². The van der Waals surface area contributed by atoms with E-state index in [0.29, 0.717) is 32.3 Å². The standard InChI is InChI=1S/C50H98F2N2O4/c1-7-11-15-19-21-23-27-31-38-46(54(48(55)42-37-44-53(5)6)57-45-36-30-24-22-20-16-12-8-2)39-32-28-29-35-43-50(51,52)49(56)58-47(40-33-25-17-13-9-3)41-34-26-18-14-10-4/h46-47H,7-45H2,1-6H3. The fourth-order valence-corrected chi connectivity index (χ4v) is 7.96. The van der Waals surface area contributed by atoms with Crippen molar-refractivity contribution in [3.8, 4) is 0 Å². The van der Waals surface area contributed by atoms with Crippen molar-refractivity contribution in [1.82, 2.24) is 9.96 Å². The molecule has 346 valence electrons. The van der Waals surface area contributed by atoms with Crippen LogP contribution in [0.2, 0.25) is 0 Å². The van der Waals surface area contributed by atoms with Crippen LogP contribution in [-0.2, 0) is 19.2 Å². The van der Waals surface area contributed by atoms with Crippen LogP contribution < -0.4 is 0 Å². The Hall–Kier alpha value is -1.28. The molecule has 0 rings (SSSR count). The van der Waals surface area contributed by atoms with Crippen LogP contribution in [0, 0.1) is 0 Å². The van der Waals surface area contributed by atoms with Gasteiger partial charge in [0.05, 0.1) is 12.6 Å². The zero-order valence-corrected chi connectivity index (χ0v) is 39.5. The summed E-state index contributed by atoms with van der Waals surface area (Å²) in [5, 5.41) is 1.74. The van der Waals surface area contributed by atoms with E-state index >= 15 is 8.78 Å². The SMILES string of the molecule is CCCCCCCCCCON(C(=O)CCCN(C)C)C(CCCCCCCCCC)CCCCCCC(F)(F)C(=O)OC(CCCCCCC)CCCCCCC. The van der Waals surface area contributed by atoms with E-state index in [1.165, 1.54) is 89.9 Å². The van der Waals surface area contributed by atoms with Gasteiger partial charge < -0.3 is 9.64 Å². The first-order valence-corrected chi connectivity index (χ1v) is 25.3. The number of halogens is 2. The molecule has 0 saturated carbocycles. The van der Waals surface area contributed by atoms with Crippen molar-refractivity contribution in [3.63, 3.8) is 0 Å². The highest BCUT2D eigenvalue weighted by Gasteiger charge is 2.41. The number of carbonyl (C=O) groups excluding carboxylic acids is 2. The highest BCUT2D eigenvalue weighted by atomic mass is 19.3. The van der Waals surface area contributed by atoms with E-state index in [1.807, 2.05) is 14.1 Å². The molecule has 0 fully saturated rings. The number of hydroxylamine groups is 2. The van der Waals surface area contributed by atoms with Gasteiger partial charge in [0.15, 0.2) is 0 Å². The lowest BCUT2D eigenvalue weighted by Crippen LogP contribution is -2.41. The average molecular weight is 829 g/mol. The molecule has 58 heavy (non-hydrogen) atoms. The van der Waals surface area contributed by atoms with Crippen LogP contribution in [-0.4, -0.2) is 67.2 Å². The van der Waals surface area contributed by atoms with Gasteiger partial charge in [-0.2, -0.15) is 8.78 Å². The van der Waals surface area contributed by atoms with Gasteiger partial charge in [0.2, 0.25) is 5.91 Å². The number of rotatable bonds is 45. The molecule has 6 nitrogen and oxygen atoms in total. The number of hydrogen-bond acceptors (Lipinski definition) is 5. The van der Waals surface area contributed by atoms with Crippen LogP contribution in [0.4, 0.5) is 8.78 Å². The molecule has 1 atom stereocenters. The van der Waals surface area contributed by atoms with E-state index in [2.05, 4.69) is 32.6 Å². The fourth-order valence-electron chi connectivity index (χ4n) is 7.96. The molecule has 0 bridgehead atoms. The first kappa shape index (κ1) is 56.7. The predicted molar refractivity (Wildman–Crippen MR) is 243 cm³/mol. The van der Waals surface area contributed by atoms with Gasteiger partial charge in [-0.25, -0.2) is 9.86 Å². The Kier molecular flexibility index (Phi) is 40.2. The Morgan fingerprint density at radius 1 is 0.500 bits per heavy atom. The Labute approximate surface area is 359 Å². The molecular weight excluding hydrogens is 731 g/mol. The molecule has 0 radical (unpaired) electrons. The molecule has 0 N–H and O–H groups in total. The summed E-state index contributed by atoms with van der Waals surface area (Å²) in [7, 11) is 4.07. The van der Waals surface area contributed by atoms with E-state index in [4.69, 9.17) is 9.57 Å². The van der Waals surface area contributed by atoms with Crippen molar-refractivity contribution >= 4 is 11.9 Å². The van der Waals surface area contributed by atoms with Gasteiger partial charge in [-0.15, -0.1) is 0 Å². The maximum Gasteiger partial charge on any atom is 0.377 e. The lowest BCUT2D eigenvalue weighted by molar-refractivity contribution is -0.203. The third-order valence-electron chi connectivity index (χ3n) is 11.8. The van der Waals surface area contributed by atoms with Crippen LogP contribution in [0.15, 0.2) is 0 Å². The van der Waals surface area contributed by atoms with Crippen molar-refractivity contribution in [1.29, 1.82) is 0 Å². The maximum atomic E-state index is 15.2. The van der Waals surface area contributed by atoms with Gasteiger partial charge in [0.1, 0.15) is 6.10 Å². The van der Waals surface area contributed by atoms with Crippen molar-refractivity contribution in [2.24, 2.45) is 0 Å².